The van der Waals surface area contributed by atoms with E-state index in [0.29, 0.717) is 21.5 Å². The van der Waals surface area contributed by atoms with Crippen molar-refractivity contribution < 1.29 is 14.3 Å². The van der Waals surface area contributed by atoms with E-state index in [1.807, 2.05) is 0 Å². The van der Waals surface area contributed by atoms with Crippen molar-refractivity contribution in [3.8, 4) is 0 Å². The number of nitrogen functional groups attached to an aromatic ring is 1. The molecule has 2 rings (SSSR count). The first-order valence-electron chi connectivity index (χ1n) is 5.72. The van der Waals surface area contributed by atoms with E-state index in [1.54, 1.807) is 18.2 Å². The Labute approximate surface area is 119 Å². The van der Waals surface area contributed by atoms with Crippen LogP contribution in [0.2, 0.25) is 5.02 Å². The highest BCUT2D eigenvalue weighted by molar-refractivity contribution is 6.34. The molecular formula is C13H12ClN3O3. The summed E-state index contributed by atoms with van der Waals surface area (Å²) in [6, 6.07) is 4.93. The maximum absolute atomic E-state index is 12.0. The molecule has 0 fully saturated rings. The highest BCUT2D eigenvalue weighted by atomic mass is 35.5. The van der Waals surface area contributed by atoms with Crippen LogP contribution >= 0.6 is 11.6 Å². The number of hydrogen-bond donors (Lipinski definition) is 2. The molecule has 1 amide bonds. The van der Waals surface area contributed by atoms with Crippen molar-refractivity contribution in [1.29, 1.82) is 0 Å². The predicted molar refractivity (Wildman–Crippen MR) is 75.5 cm³/mol. The van der Waals surface area contributed by atoms with E-state index in [9.17, 15) is 9.59 Å². The van der Waals surface area contributed by atoms with Crippen LogP contribution in [0.15, 0.2) is 24.4 Å². The Morgan fingerprint density at radius 2 is 2.10 bits per heavy atom. The molecule has 104 valence electrons. The van der Waals surface area contributed by atoms with Gasteiger partial charge in [-0.1, -0.05) is 17.7 Å². The number of hydrogen-bond acceptors (Lipinski definition) is 5. The van der Waals surface area contributed by atoms with Gasteiger partial charge in [0.05, 0.1) is 17.8 Å². The molecule has 6 nitrogen and oxygen atoms in total. The fourth-order valence-electron chi connectivity index (χ4n) is 1.74. The van der Waals surface area contributed by atoms with E-state index in [-0.39, 0.29) is 12.2 Å². The fourth-order valence-corrected chi connectivity index (χ4v) is 1.91. The second-order valence-corrected chi connectivity index (χ2v) is 4.38. The van der Waals surface area contributed by atoms with Crippen LogP contribution in [0.3, 0.4) is 0 Å². The number of amides is 1. The van der Waals surface area contributed by atoms with E-state index in [1.165, 1.54) is 13.3 Å². The zero-order chi connectivity index (χ0) is 14.7. The van der Waals surface area contributed by atoms with Crippen LogP contribution in [0.1, 0.15) is 10.5 Å². The summed E-state index contributed by atoms with van der Waals surface area (Å²) < 4.78 is 4.45. The van der Waals surface area contributed by atoms with Gasteiger partial charge in [0.25, 0.3) is 5.91 Å². The first kappa shape index (κ1) is 14.1. The average molecular weight is 294 g/mol. The average Bonchev–Trinajstić information content (AvgIpc) is 2.47. The molecule has 0 unspecified atom stereocenters. The summed E-state index contributed by atoms with van der Waals surface area (Å²) in [6.45, 7) is -0.226. The zero-order valence-electron chi connectivity index (χ0n) is 10.6. The summed E-state index contributed by atoms with van der Waals surface area (Å²) in [6.07, 6.45) is 1.46. The van der Waals surface area contributed by atoms with Crippen molar-refractivity contribution in [3.05, 3.63) is 35.1 Å². The number of aromatic nitrogens is 1. The number of methoxy groups -OCH3 is 1. The molecule has 1 heterocycles. The maximum Gasteiger partial charge on any atom is 0.325 e. The van der Waals surface area contributed by atoms with Crippen LogP contribution in [0.25, 0.3) is 10.8 Å². The van der Waals surface area contributed by atoms with Gasteiger partial charge in [-0.3, -0.25) is 14.6 Å². The number of benzene rings is 1. The number of carbonyl (C=O) groups excluding carboxylic acids is 2. The monoisotopic (exact) mass is 293 g/mol. The molecule has 0 aliphatic rings. The van der Waals surface area contributed by atoms with E-state index in [0.717, 1.165) is 0 Å². The number of nitrogens with one attached hydrogen (secondary N) is 1. The molecule has 1 aromatic carbocycles. The Hall–Kier alpha value is -2.34. The van der Waals surface area contributed by atoms with Crippen molar-refractivity contribution in [2.24, 2.45) is 0 Å². The van der Waals surface area contributed by atoms with E-state index in [4.69, 9.17) is 17.3 Å². The summed E-state index contributed by atoms with van der Waals surface area (Å²) in [5, 5.41) is 4.03. The van der Waals surface area contributed by atoms with Gasteiger partial charge in [-0.2, -0.15) is 0 Å². The van der Waals surface area contributed by atoms with Gasteiger partial charge >= 0.3 is 5.97 Å². The second-order valence-electron chi connectivity index (χ2n) is 3.97. The number of anilines is 1. The maximum atomic E-state index is 12.0. The van der Waals surface area contributed by atoms with Crippen molar-refractivity contribution >= 4 is 39.9 Å². The van der Waals surface area contributed by atoms with Crippen LogP contribution < -0.4 is 11.1 Å². The topological polar surface area (TPSA) is 94.3 Å². The van der Waals surface area contributed by atoms with E-state index >= 15 is 0 Å². The molecule has 20 heavy (non-hydrogen) atoms. The molecule has 0 spiro atoms. The Morgan fingerprint density at radius 3 is 2.80 bits per heavy atom. The first-order chi connectivity index (χ1) is 9.54. The van der Waals surface area contributed by atoms with Gasteiger partial charge in [-0.05, 0) is 12.1 Å². The number of pyridine rings is 1. The first-order valence-corrected chi connectivity index (χ1v) is 6.10. The van der Waals surface area contributed by atoms with Gasteiger partial charge in [0.1, 0.15) is 12.2 Å². The molecule has 7 heteroatoms. The van der Waals surface area contributed by atoms with Crippen LogP contribution in [0, 0.1) is 0 Å². The number of carbonyl (C=O) groups is 2. The number of rotatable bonds is 3. The quantitative estimate of drug-likeness (QED) is 0.658. The smallest absolute Gasteiger partial charge is 0.325 e. The van der Waals surface area contributed by atoms with Crippen LogP contribution in [-0.2, 0) is 9.53 Å². The molecule has 3 N–H and O–H groups in total. The molecule has 1 aromatic heterocycles. The van der Waals surface area contributed by atoms with Gasteiger partial charge in [-0.25, -0.2) is 0 Å². The molecule has 0 radical (unpaired) electrons. The third-order valence-corrected chi connectivity index (χ3v) is 3.10. The van der Waals surface area contributed by atoms with Gasteiger partial charge < -0.3 is 15.8 Å². The standard InChI is InChI=1S/C13H12ClN3O3/c1-20-10(18)6-17-13(19)12-8-2-3-9(14)11(15)7(8)4-5-16-12/h2-5H,6,15H2,1H3,(H,17,19). The highest BCUT2D eigenvalue weighted by Gasteiger charge is 2.14. The van der Waals surface area contributed by atoms with Crippen molar-refractivity contribution in [2.45, 2.75) is 0 Å². The van der Waals surface area contributed by atoms with Crippen LogP contribution in [-0.4, -0.2) is 30.5 Å². The number of esters is 1. The lowest BCUT2D eigenvalue weighted by molar-refractivity contribution is -0.139. The Morgan fingerprint density at radius 1 is 1.35 bits per heavy atom. The minimum absolute atomic E-state index is 0.176. The summed E-state index contributed by atoms with van der Waals surface area (Å²) >= 11 is 5.93. The molecule has 0 bridgehead atoms. The van der Waals surface area contributed by atoms with E-state index in [2.05, 4.69) is 15.0 Å². The summed E-state index contributed by atoms with van der Waals surface area (Å²) in [5.41, 5.74) is 6.42. The largest absolute Gasteiger partial charge is 0.468 e. The Bertz CT molecular complexity index is 688. The molecule has 0 saturated carbocycles. The lowest BCUT2D eigenvalue weighted by Gasteiger charge is -2.08. The van der Waals surface area contributed by atoms with Gasteiger partial charge in [-0.15, -0.1) is 0 Å². The Kier molecular flexibility index (Phi) is 4.05. The number of nitrogens with two attached hydrogens (primary N) is 1. The van der Waals surface area contributed by atoms with E-state index < -0.39 is 11.9 Å². The molecule has 2 aromatic rings. The normalized spacial score (nSPS) is 10.3. The molecule has 0 saturated heterocycles. The third kappa shape index (κ3) is 2.65. The summed E-state index contributed by atoms with van der Waals surface area (Å²) in [7, 11) is 1.24. The van der Waals surface area contributed by atoms with Crippen molar-refractivity contribution in [3.63, 3.8) is 0 Å². The summed E-state index contributed by atoms with van der Waals surface area (Å²) in [4.78, 5) is 27.1. The van der Waals surface area contributed by atoms with Gasteiger partial charge in [0.2, 0.25) is 0 Å². The minimum Gasteiger partial charge on any atom is -0.468 e. The van der Waals surface area contributed by atoms with Gasteiger partial charge in [0, 0.05) is 17.0 Å². The highest BCUT2D eigenvalue weighted by Crippen LogP contribution is 2.29. The SMILES string of the molecule is COC(=O)CNC(=O)c1nccc2c(N)c(Cl)ccc12. The number of fused-ring (bicyclic) bond motifs is 1. The van der Waals surface area contributed by atoms with Gasteiger partial charge in [0.15, 0.2) is 0 Å². The molecule has 0 aliphatic carbocycles. The van der Waals surface area contributed by atoms with Crippen molar-refractivity contribution in [1.82, 2.24) is 10.3 Å². The predicted octanol–water partition coefficient (Wildman–Crippen LogP) is 1.37. The summed E-state index contributed by atoms with van der Waals surface area (Å²) in [5.74, 6) is -1.02. The lowest BCUT2D eigenvalue weighted by Crippen LogP contribution is -2.30. The zero-order valence-corrected chi connectivity index (χ0v) is 11.4. The molecular weight excluding hydrogens is 282 g/mol. The number of halogens is 1. The fraction of sp³-hybridized carbons (Fsp3) is 0.154. The van der Waals surface area contributed by atoms with Crippen LogP contribution in [0.4, 0.5) is 5.69 Å². The second kappa shape index (κ2) is 5.75. The number of ether oxygens (including phenoxy) is 1. The molecule has 0 atom stereocenters. The van der Waals surface area contributed by atoms with Crippen LogP contribution in [0.5, 0.6) is 0 Å². The third-order valence-electron chi connectivity index (χ3n) is 2.77. The lowest BCUT2D eigenvalue weighted by atomic mass is 10.1. The minimum atomic E-state index is -0.541. The number of nitrogens with zero attached hydrogens (tertiary/aromatic N) is 1. The Balaban J connectivity index is 2.37. The molecule has 0 aliphatic heterocycles. The van der Waals surface area contributed by atoms with Crippen molar-refractivity contribution in [2.75, 3.05) is 19.4 Å².